The molecule has 0 spiro atoms. The Morgan fingerprint density at radius 3 is 2.52 bits per heavy atom. The molecule has 124 valence electrons. The lowest BCUT2D eigenvalue weighted by Crippen LogP contribution is -2.22. The molecule has 4 aromatic rings. The number of aryl methyl sites for hydroxylation is 3. The smallest absolute Gasteiger partial charge is 0.263 e. The molecule has 0 fully saturated rings. The van der Waals surface area contributed by atoms with Crippen molar-refractivity contribution in [1.82, 2.24) is 14.3 Å². The summed E-state index contributed by atoms with van der Waals surface area (Å²) in [6, 6.07) is 16.0. The molecule has 0 amide bonds. The molecule has 2 aromatic carbocycles. The molecule has 2 aromatic heterocycles. The molecule has 0 radical (unpaired) electrons. The molecule has 0 N–H and O–H groups in total. The van der Waals surface area contributed by atoms with Gasteiger partial charge >= 0.3 is 0 Å². The van der Waals surface area contributed by atoms with E-state index in [0.29, 0.717) is 0 Å². The van der Waals surface area contributed by atoms with E-state index in [1.165, 1.54) is 0 Å². The molecule has 0 saturated carbocycles. The fourth-order valence-electron chi connectivity index (χ4n) is 3.41. The Bertz CT molecular complexity index is 1150. The van der Waals surface area contributed by atoms with E-state index in [-0.39, 0.29) is 5.56 Å². The Labute approximate surface area is 146 Å². The highest BCUT2D eigenvalue weighted by Gasteiger charge is 2.14. The Balaban J connectivity index is 2.11. The highest BCUT2D eigenvalue weighted by atomic mass is 16.1. The quantitative estimate of drug-likeness (QED) is 0.557. The molecule has 0 aliphatic heterocycles. The molecular weight excluding hydrogens is 310 g/mol. The third kappa shape index (κ3) is 2.47. The molecule has 0 bridgehead atoms. The second-order valence-electron chi connectivity index (χ2n) is 6.39. The van der Waals surface area contributed by atoms with E-state index in [1.54, 1.807) is 15.4 Å². The van der Waals surface area contributed by atoms with Gasteiger partial charge in [0.15, 0.2) is 0 Å². The van der Waals surface area contributed by atoms with E-state index in [0.717, 1.165) is 38.8 Å². The molecule has 4 heteroatoms. The van der Waals surface area contributed by atoms with E-state index in [9.17, 15) is 4.79 Å². The van der Waals surface area contributed by atoms with Gasteiger partial charge in [0.1, 0.15) is 0 Å². The maximum absolute atomic E-state index is 13.4. The van der Waals surface area contributed by atoms with Crippen LogP contribution in [0, 0.1) is 13.8 Å². The molecule has 2 heterocycles. The van der Waals surface area contributed by atoms with Crippen LogP contribution in [0.25, 0.3) is 27.6 Å². The summed E-state index contributed by atoms with van der Waals surface area (Å²) in [7, 11) is 1.88. The van der Waals surface area contributed by atoms with E-state index >= 15 is 0 Å². The van der Waals surface area contributed by atoms with Crippen molar-refractivity contribution in [2.75, 3.05) is 0 Å². The average molecular weight is 329 g/mol. The lowest BCUT2D eigenvalue weighted by atomic mass is 10.0. The Morgan fingerprint density at radius 1 is 1.00 bits per heavy atom. The number of para-hydroxylation sites is 1. The van der Waals surface area contributed by atoms with Crippen molar-refractivity contribution in [1.29, 1.82) is 0 Å². The number of fused-ring (bicyclic) bond motifs is 1. The summed E-state index contributed by atoms with van der Waals surface area (Å²) in [5, 5.41) is 5.93. The van der Waals surface area contributed by atoms with Crippen molar-refractivity contribution in [3.8, 4) is 16.8 Å². The molecule has 0 unspecified atom stereocenters. The number of hydrogen-bond donors (Lipinski definition) is 0. The second-order valence-corrected chi connectivity index (χ2v) is 6.39. The minimum Gasteiger partial charge on any atom is -0.281 e. The largest absolute Gasteiger partial charge is 0.281 e. The molecule has 0 saturated heterocycles. The van der Waals surface area contributed by atoms with Gasteiger partial charge in [-0.3, -0.25) is 14.0 Å². The minimum atomic E-state index is 0.00348. The molecule has 4 nitrogen and oxygen atoms in total. The maximum atomic E-state index is 13.4. The van der Waals surface area contributed by atoms with Gasteiger partial charge in [-0.2, -0.15) is 5.10 Å². The fourth-order valence-corrected chi connectivity index (χ4v) is 3.41. The van der Waals surface area contributed by atoms with Crippen LogP contribution in [0.2, 0.25) is 0 Å². The van der Waals surface area contributed by atoms with Crippen LogP contribution in [0.1, 0.15) is 11.3 Å². The van der Waals surface area contributed by atoms with Gasteiger partial charge in [-0.05, 0) is 42.5 Å². The summed E-state index contributed by atoms with van der Waals surface area (Å²) >= 11 is 0. The zero-order valence-corrected chi connectivity index (χ0v) is 14.5. The number of benzene rings is 2. The van der Waals surface area contributed by atoms with Gasteiger partial charge in [0, 0.05) is 24.5 Å². The predicted octanol–water partition coefficient (Wildman–Crippen LogP) is 4.01. The summed E-state index contributed by atoms with van der Waals surface area (Å²) in [5.41, 5.74) is 4.79. The third-order valence-corrected chi connectivity index (χ3v) is 4.60. The van der Waals surface area contributed by atoms with Crippen LogP contribution in [-0.4, -0.2) is 14.3 Å². The number of pyridine rings is 1. The van der Waals surface area contributed by atoms with Gasteiger partial charge in [0.25, 0.3) is 5.56 Å². The van der Waals surface area contributed by atoms with Crippen molar-refractivity contribution in [3.63, 3.8) is 0 Å². The van der Waals surface area contributed by atoms with Crippen LogP contribution in [0.15, 0.2) is 65.7 Å². The van der Waals surface area contributed by atoms with Crippen LogP contribution in [-0.2, 0) is 7.05 Å². The van der Waals surface area contributed by atoms with Crippen molar-refractivity contribution in [3.05, 3.63) is 82.5 Å². The summed E-state index contributed by atoms with van der Waals surface area (Å²) < 4.78 is 3.56. The van der Waals surface area contributed by atoms with Gasteiger partial charge in [0.2, 0.25) is 0 Å². The fraction of sp³-hybridized carbons (Fsp3) is 0.143. The lowest BCUT2D eigenvalue weighted by molar-refractivity contribution is 0.768. The molecule has 25 heavy (non-hydrogen) atoms. The molecule has 0 aliphatic rings. The summed E-state index contributed by atoms with van der Waals surface area (Å²) in [4.78, 5) is 13.4. The van der Waals surface area contributed by atoms with Crippen LogP contribution in [0.3, 0.4) is 0 Å². The summed E-state index contributed by atoms with van der Waals surface area (Å²) in [6.07, 6.45) is 3.73. The molecular formula is C21H19N3O. The number of rotatable bonds is 2. The zero-order chi connectivity index (χ0) is 17.6. The Morgan fingerprint density at radius 2 is 1.80 bits per heavy atom. The van der Waals surface area contributed by atoms with Crippen molar-refractivity contribution in [2.45, 2.75) is 13.8 Å². The average Bonchev–Trinajstić information content (AvgIpc) is 3.02. The lowest BCUT2D eigenvalue weighted by Gasteiger charge is -2.15. The van der Waals surface area contributed by atoms with Crippen LogP contribution < -0.4 is 5.56 Å². The predicted molar refractivity (Wildman–Crippen MR) is 101 cm³/mol. The Kier molecular flexibility index (Phi) is 3.53. The van der Waals surface area contributed by atoms with E-state index < -0.39 is 0 Å². The minimum absolute atomic E-state index is 0.00348. The van der Waals surface area contributed by atoms with Gasteiger partial charge < -0.3 is 0 Å². The summed E-state index contributed by atoms with van der Waals surface area (Å²) in [6.45, 7) is 4.00. The summed E-state index contributed by atoms with van der Waals surface area (Å²) in [5.74, 6) is 0. The number of hydrogen-bond acceptors (Lipinski definition) is 2. The van der Waals surface area contributed by atoms with E-state index in [1.807, 2.05) is 69.6 Å². The molecule has 0 aliphatic carbocycles. The zero-order valence-electron chi connectivity index (χ0n) is 14.5. The van der Waals surface area contributed by atoms with Crippen LogP contribution >= 0.6 is 0 Å². The number of nitrogens with zero attached hydrogens (tertiary/aromatic N) is 3. The van der Waals surface area contributed by atoms with Crippen LogP contribution in [0.5, 0.6) is 0 Å². The standard InChI is InChI=1S/C21H19N3O/c1-14-7-4-5-10-19(14)24-15(2)11-16-8-6-9-18(20(16)21(24)25)17-12-22-23(3)13-17/h4-13H,1-3H3. The van der Waals surface area contributed by atoms with Gasteiger partial charge in [-0.15, -0.1) is 0 Å². The topological polar surface area (TPSA) is 39.8 Å². The first-order valence-corrected chi connectivity index (χ1v) is 8.26. The van der Waals surface area contributed by atoms with E-state index in [4.69, 9.17) is 0 Å². The number of aromatic nitrogens is 3. The van der Waals surface area contributed by atoms with Gasteiger partial charge in [-0.1, -0.05) is 36.4 Å². The van der Waals surface area contributed by atoms with Gasteiger partial charge in [0.05, 0.1) is 17.3 Å². The molecule has 0 atom stereocenters. The monoisotopic (exact) mass is 329 g/mol. The normalized spacial score (nSPS) is 11.2. The van der Waals surface area contributed by atoms with Crippen molar-refractivity contribution < 1.29 is 0 Å². The Hall–Kier alpha value is -3.14. The first-order chi connectivity index (χ1) is 12.1. The van der Waals surface area contributed by atoms with Crippen LogP contribution in [0.4, 0.5) is 0 Å². The first-order valence-electron chi connectivity index (χ1n) is 8.26. The SMILES string of the molecule is Cc1ccccc1-n1c(C)cc2cccc(-c3cnn(C)c3)c2c1=O. The van der Waals surface area contributed by atoms with Crippen molar-refractivity contribution in [2.24, 2.45) is 7.05 Å². The second kappa shape index (κ2) is 5.74. The van der Waals surface area contributed by atoms with Crippen molar-refractivity contribution >= 4 is 10.8 Å². The van der Waals surface area contributed by atoms with Gasteiger partial charge in [-0.25, -0.2) is 0 Å². The first kappa shape index (κ1) is 15.4. The maximum Gasteiger partial charge on any atom is 0.263 e. The highest BCUT2D eigenvalue weighted by molar-refractivity contribution is 5.96. The van der Waals surface area contributed by atoms with E-state index in [2.05, 4.69) is 11.2 Å². The third-order valence-electron chi connectivity index (χ3n) is 4.60. The molecule has 4 rings (SSSR count). The highest BCUT2D eigenvalue weighted by Crippen LogP contribution is 2.27.